The van der Waals surface area contributed by atoms with Crippen LogP contribution in [-0.2, 0) is 28.4 Å². The third-order valence-electron chi connectivity index (χ3n) is 12.5. The van der Waals surface area contributed by atoms with Crippen molar-refractivity contribution in [1.29, 1.82) is 0 Å². The molecule has 0 radical (unpaired) electrons. The highest BCUT2D eigenvalue weighted by Gasteiger charge is 2.67. The van der Waals surface area contributed by atoms with Crippen LogP contribution in [0, 0.1) is 16.7 Å². The molecular weight excluding hydrogens is 659 g/mol. The van der Waals surface area contributed by atoms with Crippen LogP contribution in [0.2, 0.25) is 0 Å². The van der Waals surface area contributed by atoms with Gasteiger partial charge in [-0.1, -0.05) is 94.8 Å². The maximum atomic E-state index is 14.8. The number of rotatable bonds is 13. The number of sulfonamides is 1. The standard InChI is InChI=1S/C38H57N2O7PS/c1-5-45-48(42,46-6-2)35(33-23-15-17-28-16-13-14-22-32(28)33)39-36(41)47-34-26-29-24-25-38(34,37(29,3)4)27-49(43,44)40(30-18-9-7-10-19-30)31-20-11-8-12-21-31/h13-17,22-23,29-31,34-35H,5-12,18-21,24-27H2,1-4H3,(H,39,41)/t29-,34-,35+,38-/m1/s1. The Morgan fingerprint density at radius 1 is 0.898 bits per heavy atom. The summed E-state index contributed by atoms with van der Waals surface area (Å²) in [5.74, 6) is -0.895. The highest BCUT2D eigenvalue weighted by atomic mass is 32.2. The van der Waals surface area contributed by atoms with Crippen molar-refractivity contribution in [3.8, 4) is 0 Å². The first-order chi connectivity index (χ1) is 23.5. The molecule has 0 aliphatic heterocycles. The first kappa shape index (κ1) is 36.8. The molecule has 49 heavy (non-hydrogen) atoms. The van der Waals surface area contributed by atoms with Crippen LogP contribution in [0.4, 0.5) is 4.79 Å². The van der Waals surface area contributed by atoms with E-state index in [0.717, 1.165) is 81.4 Å². The molecule has 2 aromatic carbocycles. The van der Waals surface area contributed by atoms with Gasteiger partial charge in [-0.3, -0.25) is 4.57 Å². The minimum atomic E-state index is -3.90. The summed E-state index contributed by atoms with van der Waals surface area (Å²) < 4.78 is 64.0. The summed E-state index contributed by atoms with van der Waals surface area (Å²) in [5.41, 5.74) is -0.452. The smallest absolute Gasteiger partial charge is 0.408 e. The molecule has 0 spiro atoms. The average molecular weight is 717 g/mol. The Labute approximate surface area is 293 Å². The van der Waals surface area contributed by atoms with Gasteiger partial charge in [-0.25, -0.2) is 13.2 Å². The molecule has 2 aromatic rings. The second kappa shape index (κ2) is 14.9. The number of amides is 1. The molecule has 9 nitrogen and oxygen atoms in total. The number of carbonyl (C=O) groups is 1. The molecule has 11 heteroatoms. The zero-order valence-corrected chi connectivity index (χ0v) is 31.6. The van der Waals surface area contributed by atoms with Crippen LogP contribution in [0.1, 0.15) is 123 Å². The summed E-state index contributed by atoms with van der Waals surface area (Å²) in [7, 11) is -7.58. The number of hydrogen-bond acceptors (Lipinski definition) is 7. The number of fused-ring (bicyclic) bond motifs is 3. The van der Waals surface area contributed by atoms with Crippen molar-refractivity contribution < 1.29 is 31.6 Å². The Kier molecular flexibility index (Phi) is 11.2. The molecule has 1 amide bonds. The molecule has 6 rings (SSSR count). The minimum Gasteiger partial charge on any atom is -0.446 e. The zero-order chi connectivity index (χ0) is 34.9. The number of benzene rings is 2. The van der Waals surface area contributed by atoms with E-state index in [2.05, 4.69) is 19.2 Å². The number of alkyl carbamates (subject to hydrolysis) is 1. The SMILES string of the molecule is CCOP(=O)(OCC)[C@H](NC(=O)O[C@@H]1C[C@H]2CC[C@]1(CS(=O)(=O)N(C1CCCCC1)C1CCCCC1)C2(C)C)c1cccc2ccccc12. The number of hydrogen-bond donors (Lipinski definition) is 1. The fraction of sp³-hybridized carbons (Fsp3) is 0.711. The van der Waals surface area contributed by atoms with E-state index < -0.39 is 41.0 Å². The quantitative estimate of drug-likeness (QED) is 0.206. The number of nitrogens with zero attached hydrogens (tertiary/aromatic N) is 1. The first-order valence-electron chi connectivity index (χ1n) is 18.8. The van der Waals surface area contributed by atoms with Gasteiger partial charge >= 0.3 is 13.7 Å². The van der Waals surface area contributed by atoms with Gasteiger partial charge in [0.15, 0.2) is 5.78 Å². The van der Waals surface area contributed by atoms with Crippen LogP contribution >= 0.6 is 7.60 Å². The first-order valence-corrected chi connectivity index (χ1v) is 22.0. The third kappa shape index (κ3) is 7.11. The number of carbonyl (C=O) groups excluding carboxylic acids is 1. The lowest BCUT2D eigenvalue weighted by Gasteiger charge is -2.46. The topological polar surface area (TPSA) is 111 Å². The normalized spacial score (nSPS) is 27.0. The van der Waals surface area contributed by atoms with E-state index in [-0.39, 0.29) is 42.4 Å². The Morgan fingerprint density at radius 2 is 1.49 bits per heavy atom. The van der Waals surface area contributed by atoms with E-state index in [0.29, 0.717) is 18.4 Å². The Morgan fingerprint density at radius 3 is 2.08 bits per heavy atom. The van der Waals surface area contributed by atoms with Crippen LogP contribution in [0.5, 0.6) is 0 Å². The van der Waals surface area contributed by atoms with Crippen molar-refractivity contribution in [2.75, 3.05) is 19.0 Å². The third-order valence-corrected chi connectivity index (χ3v) is 16.9. The van der Waals surface area contributed by atoms with Crippen LogP contribution in [0.3, 0.4) is 0 Å². The van der Waals surface area contributed by atoms with Crippen molar-refractivity contribution in [2.45, 2.75) is 135 Å². The Balaban J connectivity index is 1.30. The molecule has 2 bridgehead atoms. The molecule has 0 heterocycles. The zero-order valence-electron chi connectivity index (χ0n) is 29.9. The highest BCUT2D eigenvalue weighted by molar-refractivity contribution is 7.89. The van der Waals surface area contributed by atoms with E-state index in [1.165, 1.54) is 0 Å². The molecule has 272 valence electrons. The molecule has 4 fully saturated rings. The lowest BCUT2D eigenvalue weighted by atomic mass is 9.69. The molecule has 0 aromatic heterocycles. The largest absolute Gasteiger partial charge is 0.446 e. The molecule has 4 saturated carbocycles. The predicted molar refractivity (Wildman–Crippen MR) is 194 cm³/mol. The van der Waals surface area contributed by atoms with Crippen molar-refractivity contribution >= 4 is 34.5 Å². The highest BCUT2D eigenvalue weighted by Crippen LogP contribution is 2.67. The maximum Gasteiger partial charge on any atom is 0.408 e. The maximum absolute atomic E-state index is 14.8. The van der Waals surface area contributed by atoms with Gasteiger partial charge in [0, 0.05) is 17.5 Å². The van der Waals surface area contributed by atoms with Crippen LogP contribution in [-0.4, -0.2) is 56.0 Å². The second-order valence-electron chi connectivity index (χ2n) is 15.4. The summed E-state index contributed by atoms with van der Waals surface area (Å²) >= 11 is 0. The van der Waals surface area contributed by atoms with Gasteiger partial charge in [0.25, 0.3) is 0 Å². The molecule has 0 unspecified atom stereocenters. The molecule has 4 aliphatic carbocycles. The molecule has 4 aliphatic rings. The minimum absolute atomic E-state index is 0.0163. The monoisotopic (exact) mass is 716 g/mol. The van der Waals surface area contributed by atoms with Crippen molar-refractivity contribution in [3.63, 3.8) is 0 Å². The van der Waals surface area contributed by atoms with E-state index in [1.807, 2.05) is 46.8 Å². The summed E-state index contributed by atoms with van der Waals surface area (Å²) in [6.07, 6.45) is 11.2. The summed E-state index contributed by atoms with van der Waals surface area (Å²) in [6, 6.07) is 13.5. The lowest BCUT2D eigenvalue weighted by Crippen LogP contribution is -2.55. The van der Waals surface area contributed by atoms with E-state index in [4.69, 9.17) is 13.8 Å². The van der Waals surface area contributed by atoms with E-state index in [1.54, 1.807) is 13.8 Å². The lowest BCUT2D eigenvalue weighted by molar-refractivity contribution is -0.00396. The number of ether oxygens (including phenoxy) is 1. The summed E-state index contributed by atoms with van der Waals surface area (Å²) in [5, 5.41) is 4.67. The number of nitrogens with one attached hydrogen (secondary N) is 1. The molecule has 1 N–H and O–H groups in total. The van der Waals surface area contributed by atoms with Crippen LogP contribution in [0.15, 0.2) is 42.5 Å². The van der Waals surface area contributed by atoms with Gasteiger partial charge in [0.1, 0.15) is 6.10 Å². The second-order valence-corrected chi connectivity index (χ2v) is 19.4. The van der Waals surface area contributed by atoms with Gasteiger partial charge in [0.2, 0.25) is 10.0 Å². The van der Waals surface area contributed by atoms with Crippen molar-refractivity contribution in [2.24, 2.45) is 16.7 Å². The summed E-state index contributed by atoms with van der Waals surface area (Å²) in [6.45, 7) is 8.10. The predicted octanol–water partition coefficient (Wildman–Crippen LogP) is 9.32. The Hall–Kier alpha value is -1.97. The van der Waals surface area contributed by atoms with Gasteiger partial charge in [-0.05, 0) is 86.5 Å². The van der Waals surface area contributed by atoms with Gasteiger partial charge in [-0.15, -0.1) is 0 Å². The van der Waals surface area contributed by atoms with Crippen LogP contribution < -0.4 is 5.32 Å². The average Bonchev–Trinajstić information content (AvgIpc) is 3.43. The van der Waals surface area contributed by atoms with E-state index >= 15 is 0 Å². The molecule has 4 atom stereocenters. The molecule has 0 saturated heterocycles. The van der Waals surface area contributed by atoms with Gasteiger partial charge in [0.05, 0.1) is 19.0 Å². The van der Waals surface area contributed by atoms with Gasteiger partial charge in [-0.2, -0.15) is 4.31 Å². The van der Waals surface area contributed by atoms with E-state index in [9.17, 15) is 17.8 Å². The fourth-order valence-corrected chi connectivity index (χ4v) is 14.7. The Bertz CT molecular complexity index is 1590. The van der Waals surface area contributed by atoms with Gasteiger partial charge < -0.3 is 19.1 Å². The van der Waals surface area contributed by atoms with Crippen LogP contribution in [0.25, 0.3) is 10.8 Å². The molecular formula is C38H57N2O7PS. The summed E-state index contributed by atoms with van der Waals surface area (Å²) in [4.78, 5) is 14.1. The fourth-order valence-electron chi connectivity index (χ4n) is 9.97. The van der Waals surface area contributed by atoms with Crippen molar-refractivity contribution in [3.05, 3.63) is 48.0 Å². The van der Waals surface area contributed by atoms with Crippen molar-refractivity contribution in [1.82, 2.24) is 9.62 Å².